The molecule has 1 atom stereocenters. The first-order valence-electron chi connectivity index (χ1n) is 22.1. The number of carbonyl (C=O) groups is 5. The molecular weight excluding hydrogens is 895 g/mol. The number of fused-ring (bicyclic) bond motifs is 1. The summed E-state index contributed by atoms with van der Waals surface area (Å²) in [4.78, 5) is 74.2. The van der Waals surface area contributed by atoms with Crippen molar-refractivity contribution in [2.45, 2.75) is 70.1 Å². The molecule has 5 amide bonds. The molecule has 0 radical (unpaired) electrons. The Morgan fingerprint density at radius 1 is 0.909 bits per heavy atom. The third-order valence-electron chi connectivity index (χ3n) is 11.7. The second kappa shape index (κ2) is 23.7. The summed E-state index contributed by atoms with van der Waals surface area (Å²) in [5.74, 6) is -1.31. The highest BCUT2D eigenvalue weighted by atomic mass is 35.5. The van der Waals surface area contributed by atoms with Crippen molar-refractivity contribution in [1.82, 2.24) is 30.8 Å². The van der Waals surface area contributed by atoms with Crippen molar-refractivity contribution in [3.05, 3.63) is 93.8 Å². The van der Waals surface area contributed by atoms with E-state index in [1.165, 1.54) is 22.3 Å². The van der Waals surface area contributed by atoms with Gasteiger partial charge in [0.25, 0.3) is 5.91 Å². The third-order valence-corrected chi connectivity index (χ3v) is 12.6. The number of thiazole rings is 1. The van der Waals surface area contributed by atoms with Crippen molar-refractivity contribution in [2.75, 3.05) is 69.9 Å². The van der Waals surface area contributed by atoms with E-state index in [1.807, 2.05) is 23.6 Å². The van der Waals surface area contributed by atoms with Gasteiger partial charge in [0.2, 0.25) is 23.6 Å². The molecule has 2 fully saturated rings. The van der Waals surface area contributed by atoms with Crippen LogP contribution in [0.15, 0.2) is 66.2 Å². The second-order valence-corrected chi connectivity index (χ2v) is 17.5. The van der Waals surface area contributed by atoms with Gasteiger partial charge in [0.05, 0.1) is 56.2 Å². The van der Waals surface area contributed by atoms with E-state index in [1.54, 1.807) is 36.5 Å². The molecule has 4 aromatic rings. The SMILES string of the molecule is O=C1CCC(N2Cc3c(NC(=O)CCNCCOCCOCCOCCNC(=O)[C@]4(Cc5cccc(Nc6nccs6)n5)CC[C@@H](Oc5cccc(Cl)c5F)CC4)cccc3C2=O)C(=O)N1. The lowest BCUT2D eigenvalue weighted by atomic mass is 9.69. The fraction of sp³-hybridized carbons (Fsp3) is 0.457. The first-order chi connectivity index (χ1) is 32.1. The standard InChI is InChI=1S/C46H54ClFN8O9S/c47-34-6-3-8-37(41(34)48)65-31-12-15-46(16-13-31,28-30-4-1-9-38(52-30)54-45-51-20-27-66-45)44(61)50-19-22-63-24-26-64-25-23-62-21-18-49-17-14-40(58)53-35-7-2-5-32-33(35)29-56(43(32)60)36-10-11-39(57)55-42(36)59/h1-9,20,27,31,36,49H,10-19,21-26,28-29H2,(H,50,61)(H,53,58)(H,51,52,54)(H,55,57,59)/t31-,36?,46-. The van der Waals surface area contributed by atoms with Gasteiger partial charge in [-0.3, -0.25) is 29.3 Å². The van der Waals surface area contributed by atoms with Gasteiger partial charge < -0.3 is 45.1 Å². The number of pyridine rings is 1. The number of amides is 5. The molecule has 17 nitrogen and oxygen atoms in total. The molecule has 0 spiro atoms. The van der Waals surface area contributed by atoms with Crippen molar-refractivity contribution in [3.63, 3.8) is 0 Å². The molecule has 3 aliphatic rings. The summed E-state index contributed by atoms with van der Waals surface area (Å²) in [5, 5.41) is 17.2. The normalized spacial score (nSPS) is 19.3. The van der Waals surface area contributed by atoms with E-state index < -0.39 is 23.2 Å². The summed E-state index contributed by atoms with van der Waals surface area (Å²) < 4.78 is 37.6. The summed E-state index contributed by atoms with van der Waals surface area (Å²) in [6.45, 7) is 3.60. The Kier molecular flexibility index (Phi) is 17.4. The zero-order valence-electron chi connectivity index (χ0n) is 36.4. The first-order valence-corrected chi connectivity index (χ1v) is 23.4. The van der Waals surface area contributed by atoms with Gasteiger partial charge in [-0.25, -0.2) is 14.4 Å². The number of halogens is 2. The van der Waals surface area contributed by atoms with Crippen LogP contribution in [0.5, 0.6) is 5.75 Å². The number of rotatable bonds is 24. The zero-order chi connectivity index (χ0) is 46.3. The zero-order valence-corrected chi connectivity index (χ0v) is 38.0. The molecule has 2 aromatic heterocycles. The van der Waals surface area contributed by atoms with Crippen LogP contribution in [0, 0.1) is 11.2 Å². The van der Waals surface area contributed by atoms with Gasteiger partial charge in [-0.2, -0.15) is 0 Å². The lowest BCUT2D eigenvalue weighted by molar-refractivity contribution is -0.137. The van der Waals surface area contributed by atoms with Crippen molar-refractivity contribution in [2.24, 2.45) is 5.41 Å². The maximum atomic E-state index is 14.6. The van der Waals surface area contributed by atoms with Gasteiger partial charge in [0.15, 0.2) is 16.7 Å². The molecule has 0 bridgehead atoms. The number of anilines is 3. The predicted molar refractivity (Wildman–Crippen MR) is 244 cm³/mol. The Hall–Kier alpha value is -5.57. The minimum absolute atomic E-state index is 0.00349. The highest BCUT2D eigenvalue weighted by Crippen LogP contribution is 2.41. The topological polar surface area (TPSA) is 211 Å². The van der Waals surface area contributed by atoms with Crippen LogP contribution >= 0.6 is 22.9 Å². The van der Waals surface area contributed by atoms with E-state index in [-0.39, 0.29) is 66.3 Å². The Labute approximate surface area is 390 Å². The maximum absolute atomic E-state index is 14.6. The minimum Gasteiger partial charge on any atom is -0.487 e. The van der Waals surface area contributed by atoms with Crippen LogP contribution in [-0.4, -0.2) is 116 Å². The van der Waals surface area contributed by atoms with Crippen LogP contribution < -0.4 is 31.3 Å². The predicted octanol–water partition coefficient (Wildman–Crippen LogP) is 5.17. The van der Waals surface area contributed by atoms with Crippen LogP contribution in [0.25, 0.3) is 0 Å². The molecule has 20 heteroatoms. The first kappa shape index (κ1) is 48.4. The highest BCUT2D eigenvalue weighted by Gasteiger charge is 2.43. The average molecular weight is 950 g/mol. The summed E-state index contributed by atoms with van der Waals surface area (Å²) >= 11 is 7.44. The molecule has 2 aromatic carbocycles. The Balaban J connectivity index is 0.745. The van der Waals surface area contributed by atoms with E-state index in [2.05, 4.69) is 31.6 Å². The number of hydrogen-bond acceptors (Lipinski definition) is 14. The fourth-order valence-electron chi connectivity index (χ4n) is 8.24. The highest BCUT2D eigenvalue weighted by molar-refractivity contribution is 7.13. The van der Waals surface area contributed by atoms with Gasteiger partial charge >= 0.3 is 0 Å². The summed E-state index contributed by atoms with van der Waals surface area (Å²) in [7, 11) is 0. The number of aromatic nitrogens is 2. The van der Waals surface area contributed by atoms with Crippen molar-refractivity contribution >= 4 is 69.1 Å². The molecule has 1 saturated heterocycles. The van der Waals surface area contributed by atoms with Gasteiger partial charge in [-0.15, -0.1) is 11.3 Å². The van der Waals surface area contributed by atoms with Crippen LogP contribution in [0.1, 0.15) is 66.6 Å². The van der Waals surface area contributed by atoms with Crippen molar-refractivity contribution in [1.29, 1.82) is 0 Å². The van der Waals surface area contributed by atoms with E-state index in [9.17, 15) is 28.4 Å². The van der Waals surface area contributed by atoms with Gasteiger partial charge in [0, 0.05) is 79.5 Å². The van der Waals surface area contributed by atoms with Gasteiger partial charge in [0.1, 0.15) is 11.9 Å². The van der Waals surface area contributed by atoms with Gasteiger partial charge in [-0.05, 0) is 68.5 Å². The monoisotopic (exact) mass is 948 g/mol. The van der Waals surface area contributed by atoms with E-state index in [0.717, 1.165) is 10.8 Å². The van der Waals surface area contributed by atoms with Crippen LogP contribution in [0.2, 0.25) is 5.02 Å². The molecule has 7 rings (SSSR count). The summed E-state index contributed by atoms with van der Waals surface area (Å²) in [6, 6.07) is 14.7. The number of nitrogens with zero attached hydrogens (tertiary/aromatic N) is 3. The van der Waals surface area contributed by atoms with Crippen LogP contribution in [-0.2, 0) is 46.4 Å². The Bertz CT molecular complexity index is 2320. The number of nitrogens with one attached hydrogen (secondary N) is 5. The molecule has 5 N–H and O–H groups in total. The smallest absolute Gasteiger partial charge is 0.255 e. The fourth-order valence-corrected chi connectivity index (χ4v) is 8.94. The number of benzene rings is 2. The number of imide groups is 1. The Morgan fingerprint density at radius 2 is 1.65 bits per heavy atom. The summed E-state index contributed by atoms with van der Waals surface area (Å²) in [6.07, 6.45) is 4.60. The second-order valence-electron chi connectivity index (χ2n) is 16.2. The molecule has 4 heterocycles. The number of hydrogen-bond donors (Lipinski definition) is 5. The van der Waals surface area contributed by atoms with Crippen molar-refractivity contribution in [3.8, 4) is 5.75 Å². The molecule has 1 aliphatic carbocycles. The number of ether oxygens (including phenoxy) is 4. The quantitative estimate of drug-likeness (QED) is 0.0454. The minimum atomic E-state index is -0.758. The largest absolute Gasteiger partial charge is 0.487 e. The van der Waals surface area contributed by atoms with Crippen LogP contribution in [0.3, 0.4) is 0 Å². The van der Waals surface area contributed by atoms with Gasteiger partial charge in [-0.1, -0.05) is 29.8 Å². The summed E-state index contributed by atoms with van der Waals surface area (Å²) in [5.41, 5.74) is 1.61. The lowest BCUT2D eigenvalue weighted by Crippen LogP contribution is -2.52. The molecular formula is C46H54ClFN8O9S. The maximum Gasteiger partial charge on any atom is 0.255 e. The van der Waals surface area contributed by atoms with Crippen LogP contribution in [0.4, 0.5) is 21.0 Å². The third kappa shape index (κ3) is 13.1. The van der Waals surface area contributed by atoms with E-state index in [4.69, 9.17) is 35.5 Å². The lowest BCUT2D eigenvalue weighted by Gasteiger charge is -2.39. The number of piperidine rings is 1. The molecule has 1 saturated carbocycles. The molecule has 2 aliphatic heterocycles. The molecule has 1 unspecified atom stereocenters. The van der Waals surface area contributed by atoms with E-state index >= 15 is 0 Å². The van der Waals surface area contributed by atoms with E-state index in [0.29, 0.717) is 114 Å². The Morgan fingerprint density at radius 3 is 2.41 bits per heavy atom. The number of carbonyl (C=O) groups excluding carboxylic acids is 5. The molecule has 352 valence electrons. The molecule has 66 heavy (non-hydrogen) atoms. The van der Waals surface area contributed by atoms with Crippen molar-refractivity contribution < 1.29 is 47.3 Å². The average Bonchev–Trinajstić information content (AvgIpc) is 3.95.